The molecule has 0 saturated carbocycles. The number of ether oxygens (including phenoxy) is 2. The molecular weight excluding hydrogens is 573 g/mol. The minimum Gasteiger partial charge on any atom is -0.406 e. The predicted octanol–water partition coefficient (Wildman–Crippen LogP) is 7.09. The molecule has 1 amide bonds. The lowest BCUT2D eigenvalue weighted by Crippen LogP contribution is -2.65. The smallest absolute Gasteiger partial charge is 0.406 e. The molecule has 2 N–H and O–H groups in total. The van der Waals surface area contributed by atoms with Crippen molar-refractivity contribution in [3.63, 3.8) is 0 Å². The third-order valence-electron chi connectivity index (χ3n) is 5.90. The minimum absolute atomic E-state index is 0.0390. The molecule has 0 aliphatic heterocycles. The second-order valence-corrected chi connectivity index (χ2v) is 8.76. The van der Waals surface area contributed by atoms with Crippen LogP contribution in [-0.4, -0.2) is 29.8 Å². The largest absolute Gasteiger partial charge is 0.573 e. The van der Waals surface area contributed by atoms with E-state index in [9.17, 15) is 36.2 Å². The monoisotopic (exact) mass is 595 g/mol. The fourth-order valence-electron chi connectivity index (χ4n) is 4.41. The molecule has 0 radical (unpaired) electrons. The number of hydrogen-bond acceptors (Lipinski definition) is 4. The van der Waals surface area contributed by atoms with E-state index in [2.05, 4.69) is 9.47 Å². The molecule has 5 nitrogen and oxygen atoms in total. The average molecular weight is 595 g/mol. The van der Waals surface area contributed by atoms with E-state index < -0.39 is 70.6 Å². The highest BCUT2D eigenvalue weighted by Crippen LogP contribution is 2.57. The predicted molar refractivity (Wildman–Crippen MR) is 126 cm³/mol. The molecule has 3 rings (SSSR count). The van der Waals surface area contributed by atoms with Crippen LogP contribution in [0.2, 0.25) is 0 Å². The van der Waals surface area contributed by atoms with Gasteiger partial charge in [0.2, 0.25) is 5.91 Å². The van der Waals surface area contributed by atoms with Gasteiger partial charge in [0.25, 0.3) is 5.85 Å². The van der Waals surface area contributed by atoms with E-state index in [1.165, 1.54) is 18.3 Å². The fourth-order valence-corrected chi connectivity index (χ4v) is 4.41. The number of carbonyl (C=O) groups excluding carboxylic acids is 1. The minimum atomic E-state index is -5.33. The summed E-state index contributed by atoms with van der Waals surface area (Å²) in [6.45, 7) is 1.45. The zero-order chi connectivity index (χ0) is 30.7. The van der Waals surface area contributed by atoms with Crippen molar-refractivity contribution in [3.8, 4) is 11.5 Å². The van der Waals surface area contributed by atoms with Crippen LogP contribution in [0.1, 0.15) is 36.5 Å². The number of amides is 1. The highest BCUT2D eigenvalue weighted by atomic mass is 19.4. The van der Waals surface area contributed by atoms with Crippen LogP contribution in [0.25, 0.3) is 0 Å². The normalized spacial score (nSPS) is 14.2. The second-order valence-electron chi connectivity index (χ2n) is 8.76. The lowest BCUT2D eigenvalue weighted by atomic mass is 9.64. The maximum absolute atomic E-state index is 17.0. The number of aliphatic hydroxyl groups is 1. The molecule has 1 atom stereocenters. The van der Waals surface area contributed by atoms with E-state index in [4.69, 9.17) is 0 Å². The Hall–Kier alpha value is -3.94. The summed E-state index contributed by atoms with van der Waals surface area (Å²) in [6.07, 6.45) is -11.1. The van der Waals surface area contributed by atoms with Gasteiger partial charge in [-0.05, 0) is 41.8 Å². The van der Waals surface area contributed by atoms with Gasteiger partial charge in [0.15, 0.2) is 5.41 Å². The van der Waals surface area contributed by atoms with Crippen LogP contribution in [0.3, 0.4) is 0 Å². The molecule has 0 spiro atoms. The van der Waals surface area contributed by atoms with Gasteiger partial charge in [-0.3, -0.25) is 10.1 Å². The number of carbonyl (C=O) groups is 1. The standard InChI is InChI=1S/C27H22F9NO4/c1-2-8-22(38)37-25(29,30)23(24(28,39)17-9-4-3-5-10-17,18-11-6-13-20(15-18)40-26(31,32)33)19-12-7-14-21(16-19)41-27(34,35)36/h3-7,9-16,39H,2,8H2,1H3,(H,37,38). The summed E-state index contributed by atoms with van der Waals surface area (Å²) in [4.78, 5) is 12.4. The number of benzene rings is 3. The first kappa shape index (κ1) is 31.6. The zero-order valence-corrected chi connectivity index (χ0v) is 21.0. The van der Waals surface area contributed by atoms with Gasteiger partial charge in [-0.2, -0.15) is 8.78 Å². The maximum Gasteiger partial charge on any atom is 0.573 e. The Labute approximate surface area is 227 Å². The fraction of sp³-hybridized carbons (Fsp3) is 0.296. The van der Waals surface area contributed by atoms with Gasteiger partial charge in [0.1, 0.15) is 11.5 Å². The van der Waals surface area contributed by atoms with Crippen LogP contribution in [0.5, 0.6) is 11.5 Å². The van der Waals surface area contributed by atoms with Gasteiger partial charge in [-0.1, -0.05) is 61.5 Å². The van der Waals surface area contributed by atoms with E-state index in [-0.39, 0.29) is 6.42 Å². The van der Waals surface area contributed by atoms with Crippen LogP contribution in [0.4, 0.5) is 39.5 Å². The molecule has 0 saturated heterocycles. The summed E-state index contributed by atoms with van der Waals surface area (Å²) < 4.78 is 136. The Morgan fingerprint density at radius 2 is 1.15 bits per heavy atom. The van der Waals surface area contributed by atoms with Gasteiger partial charge in [-0.15, -0.1) is 26.3 Å². The summed E-state index contributed by atoms with van der Waals surface area (Å²) in [5.74, 6) is -7.91. The Kier molecular flexibility index (Phi) is 8.87. The van der Waals surface area contributed by atoms with Crippen molar-refractivity contribution in [2.75, 3.05) is 0 Å². The quantitative estimate of drug-likeness (QED) is 0.194. The number of alkyl halides is 9. The summed E-state index contributed by atoms with van der Waals surface area (Å²) in [7, 11) is 0. The van der Waals surface area contributed by atoms with E-state index in [1.54, 1.807) is 0 Å². The van der Waals surface area contributed by atoms with Crippen LogP contribution < -0.4 is 14.8 Å². The van der Waals surface area contributed by atoms with Crippen molar-refractivity contribution in [2.24, 2.45) is 0 Å². The molecule has 3 aromatic carbocycles. The molecule has 0 aliphatic carbocycles. The van der Waals surface area contributed by atoms with Crippen LogP contribution in [0.15, 0.2) is 78.9 Å². The van der Waals surface area contributed by atoms with E-state index >= 15 is 13.2 Å². The van der Waals surface area contributed by atoms with Gasteiger partial charge >= 0.3 is 18.8 Å². The van der Waals surface area contributed by atoms with Gasteiger partial charge in [0.05, 0.1) is 0 Å². The maximum atomic E-state index is 17.0. The molecule has 0 bridgehead atoms. The van der Waals surface area contributed by atoms with Gasteiger partial charge in [-0.25, -0.2) is 4.39 Å². The van der Waals surface area contributed by atoms with E-state index in [0.29, 0.717) is 36.4 Å². The summed E-state index contributed by atoms with van der Waals surface area (Å²) >= 11 is 0. The average Bonchev–Trinajstić information content (AvgIpc) is 2.83. The van der Waals surface area contributed by atoms with Crippen molar-refractivity contribution in [2.45, 2.75) is 49.8 Å². The Balaban J connectivity index is 2.49. The van der Waals surface area contributed by atoms with Crippen LogP contribution >= 0.6 is 0 Å². The third kappa shape index (κ3) is 6.87. The molecule has 0 fully saturated rings. The Morgan fingerprint density at radius 3 is 1.56 bits per heavy atom. The molecule has 14 heteroatoms. The van der Waals surface area contributed by atoms with Gasteiger partial charge in [0, 0.05) is 12.0 Å². The molecule has 1 unspecified atom stereocenters. The highest BCUT2D eigenvalue weighted by Gasteiger charge is 2.70. The lowest BCUT2D eigenvalue weighted by molar-refractivity contribution is -0.275. The molecule has 0 heterocycles. The highest BCUT2D eigenvalue weighted by molar-refractivity contribution is 5.77. The van der Waals surface area contributed by atoms with Gasteiger partial charge < -0.3 is 14.6 Å². The third-order valence-corrected chi connectivity index (χ3v) is 5.90. The van der Waals surface area contributed by atoms with E-state index in [1.807, 2.05) is 0 Å². The zero-order valence-electron chi connectivity index (χ0n) is 21.0. The first-order valence-electron chi connectivity index (χ1n) is 11.8. The van der Waals surface area contributed by atoms with Crippen molar-refractivity contribution >= 4 is 5.91 Å². The Morgan fingerprint density at radius 1 is 0.707 bits per heavy atom. The van der Waals surface area contributed by atoms with Crippen LogP contribution in [0, 0.1) is 0 Å². The number of halogens is 9. The molecule has 3 aromatic rings. The second kappa shape index (κ2) is 11.5. The summed E-state index contributed by atoms with van der Waals surface area (Å²) in [5.41, 5.74) is -6.99. The van der Waals surface area contributed by atoms with E-state index in [0.717, 1.165) is 36.4 Å². The molecule has 41 heavy (non-hydrogen) atoms. The summed E-state index contributed by atoms with van der Waals surface area (Å²) in [6, 6.07) is 5.42. The number of rotatable bonds is 10. The summed E-state index contributed by atoms with van der Waals surface area (Å²) in [5, 5.41) is 12.7. The van der Waals surface area contributed by atoms with Crippen LogP contribution in [-0.2, 0) is 16.1 Å². The first-order chi connectivity index (χ1) is 18.9. The SMILES string of the molecule is CCCC(=O)NC(F)(F)C(c1cccc(OC(F)(F)F)c1)(c1cccc(OC(F)(F)F)c1)C(O)(F)c1ccccc1. The molecule has 0 aliphatic rings. The first-order valence-corrected chi connectivity index (χ1v) is 11.8. The number of nitrogens with one attached hydrogen (secondary N) is 1. The van der Waals surface area contributed by atoms with Crippen molar-refractivity contribution in [3.05, 3.63) is 95.6 Å². The topological polar surface area (TPSA) is 67.8 Å². The van der Waals surface area contributed by atoms with Crippen molar-refractivity contribution < 1.29 is 58.9 Å². The molecule has 0 aromatic heterocycles. The molecular formula is C27H22F9NO4. The van der Waals surface area contributed by atoms with Crippen molar-refractivity contribution in [1.29, 1.82) is 0 Å². The molecule has 222 valence electrons. The lowest BCUT2D eigenvalue weighted by Gasteiger charge is -2.47. The van der Waals surface area contributed by atoms with Crippen molar-refractivity contribution in [1.82, 2.24) is 5.32 Å². The Bertz CT molecular complexity index is 1280. The number of hydrogen-bond donors (Lipinski definition) is 2.